The van der Waals surface area contributed by atoms with Gasteiger partial charge in [0, 0.05) is 17.3 Å². The van der Waals surface area contributed by atoms with Crippen LogP contribution in [0.4, 0.5) is 5.69 Å². The van der Waals surface area contributed by atoms with Gasteiger partial charge in [-0.2, -0.15) is 0 Å². The summed E-state index contributed by atoms with van der Waals surface area (Å²) in [5, 5.41) is 5.86. The van der Waals surface area contributed by atoms with Gasteiger partial charge in [-0.1, -0.05) is 41.9 Å². The first-order valence-corrected chi connectivity index (χ1v) is 9.26. The number of oxazole rings is 1. The van der Waals surface area contributed by atoms with Gasteiger partial charge in [0.15, 0.2) is 5.58 Å². The Hall–Kier alpha value is -3.64. The third kappa shape index (κ3) is 4.28. The molecule has 2 amide bonds. The zero-order valence-electron chi connectivity index (χ0n) is 15.2. The third-order valence-corrected chi connectivity index (χ3v) is 4.55. The minimum Gasteiger partial charge on any atom is -0.436 e. The van der Waals surface area contributed by atoms with Crippen LogP contribution in [0.5, 0.6) is 0 Å². The van der Waals surface area contributed by atoms with Gasteiger partial charge < -0.3 is 15.1 Å². The number of hydrogen-bond donors (Lipinski definition) is 2. The molecule has 1 heterocycles. The fourth-order valence-corrected chi connectivity index (χ4v) is 3.03. The molecule has 4 rings (SSSR count). The molecule has 0 aliphatic heterocycles. The number of hydrogen-bond acceptors (Lipinski definition) is 4. The van der Waals surface area contributed by atoms with E-state index in [2.05, 4.69) is 15.6 Å². The van der Waals surface area contributed by atoms with Gasteiger partial charge in [-0.25, -0.2) is 4.98 Å². The number of carbonyl (C=O) groups excluding carboxylic acids is 2. The summed E-state index contributed by atoms with van der Waals surface area (Å²) in [6.45, 7) is -0.146. The molecule has 0 saturated carbocycles. The molecule has 0 radical (unpaired) electrons. The van der Waals surface area contributed by atoms with Crippen molar-refractivity contribution >= 4 is 40.2 Å². The van der Waals surface area contributed by atoms with E-state index < -0.39 is 0 Å². The van der Waals surface area contributed by atoms with Crippen molar-refractivity contribution in [3.05, 3.63) is 83.4 Å². The molecule has 2 N–H and O–H groups in total. The van der Waals surface area contributed by atoms with Gasteiger partial charge >= 0.3 is 0 Å². The zero-order chi connectivity index (χ0) is 20.2. The summed E-state index contributed by atoms with van der Waals surface area (Å²) in [5.41, 5.74) is 2.90. The molecule has 29 heavy (non-hydrogen) atoms. The van der Waals surface area contributed by atoms with Gasteiger partial charge in [0.2, 0.25) is 11.8 Å². The number of nitrogens with zero attached hydrogens (tertiary/aromatic N) is 1. The molecule has 0 atom stereocenters. The lowest BCUT2D eigenvalue weighted by Gasteiger charge is -2.07. The highest BCUT2D eigenvalue weighted by Gasteiger charge is 2.13. The van der Waals surface area contributed by atoms with Crippen LogP contribution in [0.15, 0.2) is 77.2 Å². The molecule has 0 bridgehead atoms. The molecule has 1 aromatic heterocycles. The highest BCUT2D eigenvalue weighted by molar-refractivity contribution is 6.33. The van der Waals surface area contributed by atoms with E-state index >= 15 is 0 Å². The Balaban J connectivity index is 1.44. The molecular formula is C22H16ClN3O3. The Labute approximate surface area is 171 Å². The van der Waals surface area contributed by atoms with Crippen molar-refractivity contribution < 1.29 is 14.0 Å². The van der Waals surface area contributed by atoms with E-state index in [1.807, 2.05) is 24.3 Å². The van der Waals surface area contributed by atoms with E-state index in [1.54, 1.807) is 48.5 Å². The van der Waals surface area contributed by atoms with Crippen LogP contribution in [0.3, 0.4) is 0 Å². The summed E-state index contributed by atoms with van der Waals surface area (Å²) < 4.78 is 5.80. The lowest BCUT2D eigenvalue weighted by molar-refractivity contribution is -0.115. The molecule has 4 aromatic rings. The van der Waals surface area contributed by atoms with Crippen LogP contribution >= 0.6 is 11.6 Å². The summed E-state index contributed by atoms with van der Waals surface area (Å²) in [7, 11) is 0. The molecule has 0 unspecified atom stereocenters. The SMILES string of the molecule is O=C(CNC(=O)c1ccccc1)Nc1ccc2nc(-c3ccccc3Cl)oc2c1. The van der Waals surface area contributed by atoms with Crippen molar-refractivity contribution in [1.29, 1.82) is 0 Å². The lowest BCUT2D eigenvalue weighted by Crippen LogP contribution is -2.32. The van der Waals surface area contributed by atoms with Gasteiger partial charge in [0.25, 0.3) is 5.91 Å². The first kappa shape index (κ1) is 18.7. The van der Waals surface area contributed by atoms with Crippen LogP contribution in [0.1, 0.15) is 10.4 Å². The Morgan fingerprint density at radius 1 is 0.966 bits per heavy atom. The fourth-order valence-electron chi connectivity index (χ4n) is 2.81. The Bertz CT molecular complexity index is 1190. The molecule has 0 fully saturated rings. The zero-order valence-corrected chi connectivity index (χ0v) is 15.9. The fraction of sp³-hybridized carbons (Fsp3) is 0.0455. The molecule has 144 valence electrons. The summed E-state index contributed by atoms with van der Waals surface area (Å²) in [5.74, 6) is -0.250. The first-order chi connectivity index (χ1) is 14.1. The molecular weight excluding hydrogens is 390 g/mol. The number of amides is 2. The largest absolute Gasteiger partial charge is 0.436 e. The van der Waals surface area contributed by atoms with Gasteiger partial charge in [-0.15, -0.1) is 0 Å². The monoisotopic (exact) mass is 405 g/mol. The van der Waals surface area contributed by atoms with Crippen molar-refractivity contribution in [2.75, 3.05) is 11.9 Å². The molecule has 0 saturated heterocycles. The van der Waals surface area contributed by atoms with Gasteiger partial charge in [0.1, 0.15) is 5.52 Å². The van der Waals surface area contributed by atoms with Crippen LogP contribution in [-0.2, 0) is 4.79 Å². The average molecular weight is 406 g/mol. The molecule has 6 nitrogen and oxygen atoms in total. The van der Waals surface area contributed by atoms with Crippen LogP contribution in [0.25, 0.3) is 22.6 Å². The number of benzene rings is 3. The van der Waals surface area contributed by atoms with Crippen LogP contribution in [-0.4, -0.2) is 23.3 Å². The Morgan fingerprint density at radius 2 is 1.72 bits per heavy atom. The maximum atomic E-state index is 12.2. The molecule has 0 spiro atoms. The number of aromatic nitrogens is 1. The maximum Gasteiger partial charge on any atom is 0.251 e. The van der Waals surface area contributed by atoms with Crippen molar-refractivity contribution in [1.82, 2.24) is 10.3 Å². The van der Waals surface area contributed by atoms with E-state index in [9.17, 15) is 9.59 Å². The Morgan fingerprint density at radius 3 is 2.52 bits per heavy atom. The van der Waals surface area contributed by atoms with Crippen LogP contribution in [0, 0.1) is 0 Å². The van der Waals surface area contributed by atoms with Gasteiger partial charge in [-0.05, 0) is 36.4 Å². The topological polar surface area (TPSA) is 84.2 Å². The summed E-state index contributed by atoms with van der Waals surface area (Å²) in [6.07, 6.45) is 0. The average Bonchev–Trinajstić information content (AvgIpc) is 3.16. The van der Waals surface area contributed by atoms with E-state index in [1.165, 1.54) is 0 Å². The molecule has 7 heteroatoms. The highest BCUT2D eigenvalue weighted by Crippen LogP contribution is 2.30. The van der Waals surface area contributed by atoms with Crippen LogP contribution < -0.4 is 10.6 Å². The molecule has 3 aromatic carbocycles. The third-order valence-electron chi connectivity index (χ3n) is 4.22. The predicted molar refractivity (Wildman–Crippen MR) is 112 cm³/mol. The van der Waals surface area contributed by atoms with E-state index in [-0.39, 0.29) is 18.4 Å². The van der Waals surface area contributed by atoms with Crippen molar-refractivity contribution in [2.24, 2.45) is 0 Å². The maximum absolute atomic E-state index is 12.2. The number of fused-ring (bicyclic) bond motifs is 1. The van der Waals surface area contributed by atoms with E-state index in [4.69, 9.17) is 16.0 Å². The number of anilines is 1. The second kappa shape index (κ2) is 8.16. The quantitative estimate of drug-likeness (QED) is 0.511. The number of nitrogens with one attached hydrogen (secondary N) is 2. The summed E-state index contributed by atoms with van der Waals surface area (Å²) in [6, 6.07) is 21.1. The number of halogens is 1. The molecule has 0 aliphatic rings. The lowest BCUT2D eigenvalue weighted by atomic mass is 10.2. The van der Waals surface area contributed by atoms with Crippen molar-refractivity contribution in [3.63, 3.8) is 0 Å². The van der Waals surface area contributed by atoms with Gasteiger partial charge in [0.05, 0.1) is 17.1 Å². The molecule has 0 aliphatic carbocycles. The highest BCUT2D eigenvalue weighted by atomic mass is 35.5. The second-order valence-corrected chi connectivity index (χ2v) is 6.69. The minimum atomic E-state index is -0.348. The smallest absolute Gasteiger partial charge is 0.251 e. The normalized spacial score (nSPS) is 10.7. The Kier molecular flexibility index (Phi) is 5.27. The number of carbonyl (C=O) groups is 2. The summed E-state index contributed by atoms with van der Waals surface area (Å²) >= 11 is 6.20. The second-order valence-electron chi connectivity index (χ2n) is 6.28. The first-order valence-electron chi connectivity index (χ1n) is 8.89. The minimum absolute atomic E-state index is 0.146. The van der Waals surface area contributed by atoms with E-state index in [0.717, 1.165) is 0 Å². The van der Waals surface area contributed by atoms with E-state index in [0.29, 0.717) is 38.8 Å². The predicted octanol–water partition coefficient (Wildman–Crippen LogP) is 4.52. The number of rotatable bonds is 5. The van der Waals surface area contributed by atoms with Crippen molar-refractivity contribution in [2.45, 2.75) is 0 Å². The summed E-state index contributed by atoms with van der Waals surface area (Å²) in [4.78, 5) is 28.6. The van der Waals surface area contributed by atoms with Gasteiger partial charge in [-0.3, -0.25) is 9.59 Å². The van der Waals surface area contributed by atoms with Crippen LogP contribution in [0.2, 0.25) is 5.02 Å². The standard InChI is InChI=1S/C22H16ClN3O3/c23-17-9-5-4-8-16(17)22-26-18-11-10-15(12-19(18)29-22)25-20(27)13-24-21(28)14-6-2-1-3-7-14/h1-12H,13H2,(H,24,28)(H,25,27). The van der Waals surface area contributed by atoms with Crippen molar-refractivity contribution in [3.8, 4) is 11.5 Å².